The average Bonchev–Trinajstić information content (AvgIpc) is 2.89. The van der Waals surface area contributed by atoms with Crippen LogP contribution in [0, 0.1) is 0 Å². The van der Waals surface area contributed by atoms with Gasteiger partial charge in [-0.1, -0.05) is 6.07 Å². The van der Waals surface area contributed by atoms with Gasteiger partial charge in [-0.3, -0.25) is 4.98 Å². The minimum absolute atomic E-state index is 0.0171. The summed E-state index contributed by atoms with van der Waals surface area (Å²) in [6.07, 6.45) is 6.48. The molecule has 5 heteroatoms. The summed E-state index contributed by atoms with van der Waals surface area (Å²) in [5, 5.41) is 2.97. The number of nitrogens with zero attached hydrogens (tertiary/aromatic N) is 2. The zero-order valence-electron chi connectivity index (χ0n) is 11.3. The topological polar surface area (TPSA) is 54.5 Å². The third-order valence-corrected chi connectivity index (χ3v) is 3.41. The second kappa shape index (κ2) is 7.09. The van der Waals surface area contributed by atoms with Crippen molar-refractivity contribution in [1.29, 1.82) is 0 Å². The summed E-state index contributed by atoms with van der Waals surface area (Å²) in [6.45, 7) is 2.09. The Morgan fingerprint density at radius 3 is 3.26 bits per heavy atom. The predicted octanol–water partition coefficient (Wildman–Crippen LogP) is 1.44. The van der Waals surface area contributed by atoms with E-state index in [1.54, 1.807) is 13.3 Å². The maximum Gasteiger partial charge on any atom is 0.317 e. The van der Waals surface area contributed by atoms with Crippen LogP contribution in [-0.2, 0) is 11.2 Å². The molecule has 2 heterocycles. The molecule has 5 nitrogen and oxygen atoms in total. The van der Waals surface area contributed by atoms with Gasteiger partial charge in [0, 0.05) is 32.6 Å². The average molecular weight is 263 g/mol. The van der Waals surface area contributed by atoms with Crippen molar-refractivity contribution in [3.05, 3.63) is 30.1 Å². The Morgan fingerprint density at radius 1 is 1.63 bits per heavy atom. The molecule has 2 rings (SSSR count). The molecule has 0 saturated carbocycles. The zero-order chi connectivity index (χ0) is 13.5. The predicted molar refractivity (Wildman–Crippen MR) is 72.9 cm³/mol. The van der Waals surface area contributed by atoms with E-state index in [2.05, 4.69) is 10.3 Å². The van der Waals surface area contributed by atoms with Crippen molar-refractivity contribution >= 4 is 6.03 Å². The van der Waals surface area contributed by atoms with Crippen LogP contribution in [0.15, 0.2) is 24.5 Å². The number of hydrogen-bond acceptors (Lipinski definition) is 3. The highest BCUT2D eigenvalue weighted by Crippen LogP contribution is 2.17. The molecule has 1 N–H and O–H groups in total. The minimum atomic E-state index is 0.0171. The Hall–Kier alpha value is -1.62. The number of rotatable bonds is 5. The fourth-order valence-corrected chi connectivity index (χ4v) is 2.43. The summed E-state index contributed by atoms with van der Waals surface area (Å²) in [5.74, 6) is 0. The minimum Gasteiger partial charge on any atom is -0.383 e. The molecule has 0 aromatic carbocycles. The highest BCUT2D eigenvalue weighted by atomic mass is 16.5. The van der Waals surface area contributed by atoms with Crippen molar-refractivity contribution in [1.82, 2.24) is 15.2 Å². The van der Waals surface area contributed by atoms with E-state index in [0.717, 1.165) is 31.4 Å². The van der Waals surface area contributed by atoms with E-state index in [0.29, 0.717) is 13.2 Å². The lowest BCUT2D eigenvalue weighted by Crippen LogP contribution is -2.44. The number of hydrogen-bond donors (Lipinski definition) is 1. The van der Waals surface area contributed by atoms with Gasteiger partial charge in [0.15, 0.2) is 0 Å². The second-order valence-electron chi connectivity index (χ2n) is 4.79. The number of amides is 2. The van der Waals surface area contributed by atoms with E-state index < -0.39 is 0 Å². The molecule has 1 aromatic heterocycles. The Balaban J connectivity index is 1.75. The number of urea groups is 1. The maximum atomic E-state index is 12.1. The van der Waals surface area contributed by atoms with Crippen LogP contribution in [0.5, 0.6) is 0 Å². The fourth-order valence-electron chi connectivity index (χ4n) is 2.43. The van der Waals surface area contributed by atoms with Crippen molar-refractivity contribution in [2.24, 2.45) is 0 Å². The molecule has 104 valence electrons. The van der Waals surface area contributed by atoms with Gasteiger partial charge in [0.25, 0.3) is 0 Å². The van der Waals surface area contributed by atoms with Gasteiger partial charge in [-0.25, -0.2) is 4.79 Å². The first-order valence-corrected chi connectivity index (χ1v) is 6.73. The number of likely N-dealkylation sites (tertiary alicyclic amines) is 1. The molecular weight excluding hydrogens is 242 g/mol. The number of carbonyl (C=O) groups is 1. The van der Waals surface area contributed by atoms with Crippen molar-refractivity contribution in [3.63, 3.8) is 0 Å². The zero-order valence-corrected chi connectivity index (χ0v) is 11.3. The van der Waals surface area contributed by atoms with Crippen molar-refractivity contribution < 1.29 is 9.53 Å². The first kappa shape index (κ1) is 13.8. The van der Waals surface area contributed by atoms with Crippen LogP contribution < -0.4 is 5.32 Å². The van der Waals surface area contributed by atoms with Crippen molar-refractivity contribution in [2.75, 3.05) is 26.8 Å². The Labute approximate surface area is 114 Å². The molecular formula is C14H21N3O2. The molecule has 0 bridgehead atoms. The number of ether oxygens (including phenoxy) is 1. The van der Waals surface area contributed by atoms with E-state index in [1.807, 2.05) is 23.2 Å². The van der Waals surface area contributed by atoms with Gasteiger partial charge < -0.3 is 15.0 Å². The smallest absolute Gasteiger partial charge is 0.317 e. The first-order chi connectivity index (χ1) is 9.31. The van der Waals surface area contributed by atoms with Crippen molar-refractivity contribution in [3.8, 4) is 0 Å². The van der Waals surface area contributed by atoms with E-state index in [4.69, 9.17) is 4.74 Å². The lowest BCUT2D eigenvalue weighted by atomic mass is 10.2. The van der Waals surface area contributed by atoms with Crippen LogP contribution in [-0.4, -0.2) is 48.8 Å². The molecule has 0 unspecified atom stereocenters. The van der Waals surface area contributed by atoms with Gasteiger partial charge in [0.1, 0.15) is 0 Å². The summed E-state index contributed by atoms with van der Waals surface area (Å²) in [5.41, 5.74) is 1.14. The molecule has 1 fully saturated rings. The Kier molecular flexibility index (Phi) is 5.15. The third kappa shape index (κ3) is 3.92. The van der Waals surface area contributed by atoms with Crippen LogP contribution in [0.3, 0.4) is 0 Å². The number of carbonyl (C=O) groups excluding carboxylic acids is 1. The van der Waals surface area contributed by atoms with Gasteiger partial charge in [0.2, 0.25) is 0 Å². The van der Waals surface area contributed by atoms with Crippen LogP contribution in [0.2, 0.25) is 0 Å². The molecule has 1 aliphatic rings. The number of aromatic nitrogens is 1. The van der Waals surface area contributed by atoms with Crippen LogP contribution in [0.1, 0.15) is 18.4 Å². The van der Waals surface area contributed by atoms with Crippen LogP contribution >= 0.6 is 0 Å². The fraction of sp³-hybridized carbons (Fsp3) is 0.571. The lowest BCUT2D eigenvalue weighted by Gasteiger charge is -2.24. The van der Waals surface area contributed by atoms with Gasteiger partial charge >= 0.3 is 6.03 Å². The summed E-state index contributed by atoms with van der Waals surface area (Å²) in [6, 6.07) is 4.17. The van der Waals surface area contributed by atoms with Gasteiger partial charge in [-0.15, -0.1) is 0 Å². The molecule has 1 saturated heterocycles. The summed E-state index contributed by atoms with van der Waals surface area (Å²) in [4.78, 5) is 18.0. The van der Waals surface area contributed by atoms with Gasteiger partial charge in [-0.05, 0) is 30.9 Å². The number of pyridine rings is 1. The molecule has 19 heavy (non-hydrogen) atoms. The molecule has 0 radical (unpaired) electrons. The van der Waals surface area contributed by atoms with Crippen molar-refractivity contribution in [2.45, 2.75) is 25.3 Å². The second-order valence-corrected chi connectivity index (χ2v) is 4.79. The number of methoxy groups -OCH3 is 1. The highest BCUT2D eigenvalue weighted by molar-refractivity contribution is 5.74. The monoisotopic (exact) mass is 263 g/mol. The van der Waals surface area contributed by atoms with E-state index in [1.165, 1.54) is 0 Å². The lowest BCUT2D eigenvalue weighted by molar-refractivity contribution is 0.123. The summed E-state index contributed by atoms with van der Waals surface area (Å²) in [7, 11) is 1.68. The first-order valence-electron chi connectivity index (χ1n) is 6.73. The van der Waals surface area contributed by atoms with Crippen LogP contribution in [0.25, 0.3) is 0 Å². The quantitative estimate of drug-likeness (QED) is 0.874. The van der Waals surface area contributed by atoms with Gasteiger partial charge in [0.05, 0.1) is 12.6 Å². The Morgan fingerprint density at radius 2 is 2.53 bits per heavy atom. The third-order valence-electron chi connectivity index (χ3n) is 3.41. The molecule has 1 aliphatic heterocycles. The number of nitrogens with one attached hydrogen (secondary N) is 1. The normalized spacial score (nSPS) is 18.6. The van der Waals surface area contributed by atoms with E-state index >= 15 is 0 Å². The molecule has 2 amide bonds. The van der Waals surface area contributed by atoms with E-state index in [-0.39, 0.29) is 12.1 Å². The van der Waals surface area contributed by atoms with Gasteiger partial charge in [-0.2, -0.15) is 0 Å². The van der Waals surface area contributed by atoms with E-state index in [9.17, 15) is 4.79 Å². The maximum absolute atomic E-state index is 12.1. The highest BCUT2D eigenvalue weighted by Gasteiger charge is 2.28. The SMILES string of the molecule is COC[C@@H]1CCCN1C(=O)NCCc1cccnc1. The molecule has 0 spiro atoms. The summed E-state index contributed by atoms with van der Waals surface area (Å²) >= 11 is 0. The standard InChI is InChI=1S/C14H21N3O2/c1-19-11-13-5-3-9-17(13)14(18)16-8-6-12-4-2-7-15-10-12/h2,4,7,10,13H,3,5-6,8-9,11H2,1H3,(H,16,18)/t13-/m0/s1. The Bertz CT molecular complexity index is 397. The molecule has 1 aromatic rings. The molecule has 0 aliphatic carbocycles. The molecule has 1 atom stereocenters. The largest absolute Gasteiger partial charge is 0.383 e. The summed E-state index contributed by atoms with van der Waals surface area (Å²) < 4.78 is 5.15. The van der Waals surface area contributed by atoms with Crippen LogP contribution in [0.4, 0.5) is 4.79 Å².